The Labute approximate surface area is 81.8 Å². The molecule has 1 aliphatic rings. The van der Waals surface area contributed by atoms with E-state index in [0.717, 1.165) is 6.42 Å². The second-order valence-corrected chi connectivity index (χ2v) is 3.50. The molecule has 0 bridgehead atoms. The van der Waals surface area contributed by atoms with Gasteiger partial charge in [-0.2, -0.15) is 13.2 Å². The van der Waals surface area contributed by atoms with Crippen molar-refractivity contribution in [3.8, 4) is 0 Å². The summed E-state index contributed by atoms with van der Waals surface area (Å²) >= 11 is 0. The zero-order valence-corrected chi connectivity index (χ0v) is 8.14. The van der Waals surface area contributed by atoms with Gasteiger partial charge in [0.25, 0.3) is 0 Å². The van der Waals surface area contributed by atoms with Gasteiger partial charge in [0.2, 0.25) is 0 Å². The van der Waals surface area contributed by atoms with Crippen LogP contribution in [0.25, 0.3) is 0 Å². The van der Waals surface area contributed by atoms with Crippen molar-refractivity contribution >= 4 is 0 Å². The molecule has 0 aromatic carbocycles. The van der Waals surface area contributed by atoms with Crippen molar-refractivity contribution in [2.24, 2.45) is 0 Å². The number of rotatable bonds is 2. The van der Waals surface area contributed by atoms with E-state index < -0.39 is 12.7 Å². The van der Waals surface area contributed by atoms with E-state index >= 15 is 0 Å². The van der Waals surface area contributed by atoms with Crippen molar-refractivity contribution in [2.75, 3.05) is 26.7 Å². The van der Waals surface area contributed by atoms with Crippen LogP contribution in [0.1, 0.15) is 6.42 Å². The maximum atomic E-state index is 12.1. The largest absolute Gasteiger partial charge is 0.401 e. The SMILES string of the molecule is CNC1CC=CCN(CC(F)(F)F)C1. The molecule has 1 aliphatic heterocycles. The first-order valence-corrected chi connectivity index (χ1v) is 4.62. The molecule has 1 atom stereocenters. The number of alkyl halides is 3. The van der Waals surface area contributed by atoms with Crippen LogP contribution >= 0.6 is 0 Å². The van der Waals surface area contributed by atoms with E-state index in [1.807, 2.05) is 6.08 Å². The Hall–Kier alpha value is -0.550. The van der Waals surface area contributed by atoms with Crippen LogP contribution in [-0.4, -0.2) is 43.8 Å². The molecule has 2 nitrogen and oxygen atoms in total. The summed E-state index contributed by atoms with van der Waals surface area (Å²) in [5.41, 5.74) is 0. The molecule has 0 aliphatic carbocycles. The first-order valence-electron chi connectivity index (χ1n) is 4.62. The Kier molecular flexibility index (Phi) is 3.95. The van der Waals surface area contributed by atoms with Crippen LogP contribution in [0.2, 0.25) is 0 Å². The van der Waals surface area contributed by atoms with Crippen LogP contribution in [0.3, 0.4) is 0 Å². The first kappa shape index (κ1) is 11.5. The average molecular weight is 208 g/mol. The van der Waals surface area contributed by atoms with Gasteiger partial charge in [0, 0.05) is 19.1 Å². The van der Waals surface area contributed by atoms with Gasteiger partial charge in [0.05, 0.1) is 6.54 Å². The molecule has 0 saturated heterocycles. The lowest BCUT2D eigenvalue weighted by Gasteiger charge is -2.24. The Morgan fingerprint density at radius 2 is 2.14 bits per heavy atom. The molecule has 1 rings (SSSR count). The van der Waals surface area contributed by atoms with Gasteiger partial charge < -0.3 is 5.32 Å². The third-order valence-electron chi connectivity index (χ3n) is 2.24. The van der Waals surface area contributed by atoms with Crippen LogP contribution < -0.4 is 5.32 Å². The fourth-order valence-electron chi connectivity index (χ4n) is 1.54. The molecule has 0 amide bonds. The van der Waals surface area contributed by atoms with Gasteiger partial charge >= 0.3 is 6.18 Å². The number of nitrogens with one attached hydrogen (secondary N) is 1. The summed E-state index contributed by atoms with van der Waals surface area (Å²) in [5.74, 6) is 0. The highest BCUT2D eigenvalue weighted by Crippen LogP contribution is 2.17. The third kappa shape index (κ3) is 4.11. The minimum atomic E-state index is -4.10. The van der Waals surface area contributed by atoms with E-state index in [0.29, 0.717) is 13.1 Å². The minimum Gasteiger partial charge on any atom is -0.315 e. The Morgan fingerprint density at radius 1 is 1.43 bits per heavy atom. The zero-order chi connectivity index (χ0) is 10.6. The van der Waals surface area contributed by atoms with E-state index in [1.54, 1.807) is 13.1 Å². The number of hydrogen-bond donors (Lipinski definition) is 1. The summed E-state index contributed by atoms with van der Waals surface area (Å²) in [4.78, 5) is 1.41. The van der Waals surface area contributed by atoms with Crippen molar-refractivity contribution in [3.63, 3.8) is 0 Å². The van der Waals surface area contributed by atoms with E-state index in [2.05, 4.69) is 5.32 Å². The Balaban J connectivity index is 2.48. The van der Waals surface area contributed by atoms with Gasteiger partial charge in [-0.3, -0.25) is 4.90 Å². The lowest BCUT2D eigenvalue weighted by Crippen LogP contribution is -2.42. The molecule has 1 heterocycles. The van der Waals surface area contributed by atoms with Crippen LogP contribution in [0.5, 0.6) is 0 Å². The predicted octanol–water partition coefficient (Wildman–Crippen LogP) is 1.40. The van der Waals surface area contributed by atoms with E-state index in [9.17, 15) is 13.2 Å². The first-order chi connectivity index (χ1) is 6.51. The van der Waals surface area contributed by atoms with E-state index in [-0.39, 0.29) is 6.04 Å². The highest BCUT2D eigenvalue weighted by Gasteiger charge is 2.31. The third-order valence-corrected chi connectivity index (χ3v) is 2.24. The van der Waals surface area contributed by atoms with Crippen molar-refractivity contribution in [3.05, 3.63) is 12.2 Å². The molecule has 0 radical (unpaired) electrons. The van der Waals surface area contributed by atoms with Gasteiger partial charge in [-0.25, -0.2) is 0 Å². The summed E-state index contributed by atoms with van der Waals surface area (Å²) in [7, 11) is 1.77. The predicted molar refractivity (Wildman–Crippen MR) is 49.1 cm³/mol. The minimum absolute atomic E-state index is 0.121. The standard InChI is InChI=1S/C9H15F3N2/c1-13-8-4-2-3-5-14(6-8)7-9(10,11)12/h2-3,8,13H,4-7H2,1H3. The molecule has 14 heavy (non-hydrogen) atoms. The van der Waals surface area contributed by atoms with Crippen molar-refractivity contribution in [1.82, 2.24) is 10.2 Å². The van der Waals surface area contributed by atoms with E-state index in [4.69, 9.17) is 0 Å². The molecular weight excluding hydrogens is 193 g/mol. The zero-order valence-electron chi connectivity index (χ0n) is 8.14. The van der Waals surface area contributed by atoms with Crippen molar-refractivity contribution in [1.29, 1.82) is 0 Å². The average Bonchev–Trinajstić information content (AvgIpc) is 2.26. The molecular formula is C9H15F3N2. The van der Waals surface area contributed by atoms with E-state index in [1.165, 1.54) is 4.90 Å². The van der Waals surface area contributed by atoms with Crippen LogP contribution in [-0.2, 0) is 0 Å². The number of hydrogen-bond acceptors (Lipinski definition) is 2. The number of nitrogens with zero attached hydrogens (tertiary/aromatic N) is 1. The smallest absolute Gasteiger partial charge is 0.315 e. The Morgan fingerprint density at radius 3 is 2.71 bits per heavy atom. The lowest BCUT2D eigenvalue weighted by atomic mass is 10.2. The monoisotopic (exact) mass is 208 g/mol. The quantitative estimate of drug-likeness (QED) is 0.690. The van der Waals surface area contributed by atoms with Gasteiger partial charge in [-0.1, -0.05) is 12.2 Å². The summed E-state index contributed by atoms with van der Waals surface area (Å²) in [5, 5.41) is 3.00. The van der Waals surface area contributed by atoms with Crippen molar-refractivity contribution in [2.45, 2.75) is 18.6 Å². The van der Waals surface area contributed by atoms with Crippen LogP contribution in [0, 0.1) is 0 Å². The molecule has 82 valence electrons. The van der Waals surface area contributed by atoms with Gasteiger partial charge in [-0.05, 0) is 13.5 Å². The van der Waals surface area contributed by atoms with Gasteiger partial charge in [0.15, 0.2) is 0 Å². The fraction of sp³-hybridized carbons (Fsp3) is 0.778. The molecule has 1 unspecified atom stereocenters. The maximum absolute atomic E-state index is 12.1. The molecule has 0 fully saturated rings. The molecule has 5 heteroatoms. The highest BCUT2D eigenvalue weighted by atomic mass is 19.4. The van der Waals surface area contributed by atoms with Crippen LogP contribution in [0.4, 0.5) is 13.2 Å². The fourth-order valence-corrected chi connectivity index (χ4v) is 1.54. The van der Waals surface area contributed by atoms with Gasteiger partial charge in [0.1, 0.15) is 0 Å². The summed E-state index contributed by atoms with van der Waals surface area (Å²) < 4.78 is 36.4. The molecule has 0 aromatic heterocycles. The molecule has 1 N–H and O–H groups in total. The summed E-state index contributed by atoms with van der Waals surface area (Å²) in [6.45, 7) is 0.0101. The molecule has 0 saturated carbocycles. The van der Waals surface area contributed by atoms with Crippen LogP contribution in [0.15, 0.2) is 12.2 Å². The highest BCUT2D eigenvalue weighted by molar-refractivity contribution is 4.94. The Bertz CT molecular complexity index is 201. The van der Waals surface area contributed by atoms with Gasteiger partial charge in [-0.15, -0.1) is 0 Å². The molecule has 0 aromatic rings. The maximum Gasteiger partial charge on any atom is 0.401 e. The summed E-state index contributed by atoms with van der Waals surface area (Å²) in [6, 6.07) is 0.121. The second kappa shape index (κ2) is 4.79. The number of likely N-dealkylation sites (N-methyl/N-ethyl adjacent to an activating group) is 1. The normalized spacial score (nSPS) is 25.0. The van der Waals surface area contributed by atoms with Crippen molar-refractivity contribution < 1.29 is 13.2 Å². The molecule has 0 spiro atoms. The topological polar surface area (TPSA) is 15.3 Å². The second-order valence-electron chi connectivity index (χ2n) is 3.50. The number of halogens is 3. The summed E-state index contributed by atoms with van der Waals surface area (Å²) in [6.07, 6.45) is 0.419. The lowest BCUT2D eigenvalue weighted by molar-refractivity contribution is -0.145.